The van der Waals surface area contributed by atoms with Crippen LogP contribution in [0.3, 0.4) is 0 Å². The fraction of sp³-hybridized carbons (Fsp3) is 1.00. The van der Waals surface area contributed by atoms with Gasteiger partial charge < -0.3 is 30.6 Å². The highest BCUT2D eigenvalue weighted by molar-refractivity contribution is 8.23. The molecule has 0 aliphatic heterocycles. The fourth-order valence-corrected chi connectivity index (χ4v) is 6.50. The van der Waals surface area contributed by atoms with E-state index in [9.17, 15) is 0 Å². The zero-order valence-corrected chi connectivity index (χ0v) is 13.6. The van der Waals surface area contributed by atoms with Crippen molar-refractivity contribution in [3.05, 3.63) is 0 Å². The third-order valence-electron chi connectivity index (χ3n) is 1.68. The molecule has 0 saturated heterocycles. The molecule has 0 rings (SSSR count). The summed E-state index contributed by atoms with van der Waals surface area (Å²) < 4.78 is -0.156. The molecule has 10 heteroatoms. The van der Waals surface area contributed by atoms with Crippen molar-refractivity contribution in [3.63, 3.8) is 0 Å². The van der Waals surface area contributed by atoms with Gasteiger partial charge in [-0.15, -0.1) is 47.0 Å². The predicted octanol–water partition coefficient (Wildman–Crippen LogP) is -0.867. The number of aliphatic hydroxyl groups is 6. The van der Waals surface area contributed by atoms with E-state index in [0.29, 0.717) is 0 Å². The Hall–Kier alpha value is 1.16. The Labute approximate surface area is 129 Å². The van der Waals surface area contributed by atoms with Crippen molar-refractivity contribution in [1.82, 2.24) is 0 Å². The van der Waals surface area contributed by atoms with Gasteiger partial charge in [-0.3, -0.25) is 0 Å². The molecule has 0 fully saturated rings. The molecule has 1 unspecified atom stereocenters. The van der Waals surface area contributed by atoms with Crippen LogP contribution in [0.25, 0.3) is 0 Å². The van der Waals surface area contributed by atoms with Crippen LogP contribution in [0.15, 0.2) is 0 Å². The van der Waals surface area contributed by atoms with Gasteiger partial charge in [0.25, 0.3) is 0 Å². The van der Waals surface area contributed by atoms with Gasteiger partial charge in [-0.1, -0.05) is 0 Å². The second-order valence-electron chi connectivity index (χ2n) is 3.41. The highest BCUT2D eigenvalue weighted by atomic mass is 32.2. The van der Waals surface area contributed by atoms with Crippen LogP contribution in [-0.4, -0.2) is 82.2 Å². The lowest BCUT2D eigenvalue weighted by Gasteiger charge is -2.25. The van der Waals surface area contributed by atoms with E-state index in [1.807, 2.05) is 6.26 Å². The Morgan fingerprint density at radius 3 is 1.21 bits per heavy atom. The molecule has 0 bridgehead atoms. The first kappa shape index (κ1) is 20.2. The van der Waals surface area contributed by atoms with Crippen molar-refractivity contribution in [1.29, 1.82) is 0 Å². The lowest BCUT2D eigenvalue weighted by Crippen LogP contribution is -2.22. The van der Waals surface area contributed by atoms with E-state index in [1.54, 1.807) is 0 Å². The smallest absolute Gasteiger partial charge is 0.160 e. The van der Waals surface area contributed by atoms with Crippen LogP contribution in [0.2, 0.25) is 0 Å². The van der Waals surface area contributed by atoms with Gasteiger partial charge in [0.1, 0.15) is 0 Å². The molecule has 0 aromatic carbocycles. The first-order valence-corrected chi connectivity index (χ1v) is 9.76. The highest BCUT2D eigenvalue weighted by Gasteiger charge is 2.24. The summed E-state index contributed by atoms with van der Waals surface area (Å²) in [5.74, 6) is 0.365. The molecule has 0 aliphatic rings. The van der Waals surface area contributed by atoms with Crippen molar-refractivity contribution in [3.8, 4) is 0 Å². The van der Waals surface area contributed by atoms with Crippen molar-refractivity contribution >= 4 is 47.0 Å². The molecule has 0 saturated carbocycles. The van der Waals surface area contributed by atoms with Gasteiger partial charge in [0, 0.05) is 17.3 Å². The van der Waals surface area contributed by atoms with E-state index >= 15 is 0 Å². The number of hydrogen-bond donors (Lipinski definition) is 6. The monoisotopic (exact) mass is 352 g/mol. The summed E-state index contributed by atoms with van der Waals surface area (Å²) in [5.41, 5.74) is 0. The molecule has 0 aliphatic carbocycles. The lowest BCUT2D eigenvalue weighted by atomic mass is 10.8. The third-order valence-corrected chi connectivity index (χ3v) is 8.19. The molecule has 0 aromatic rings. The fourth-order valence-electron chi connectivity index (χ4n) is 1.01. The number of thioether (sulfide) groups is 4. The normalized spacial score (nSPS) is 14.1. The second kappa shape index (κ2) is 11.8. The third kappa shape index (κ3) is 11.5. The van der Waals surface area contributed by atoms with Crippen LogP contribution in [-0.2, 0) is 0 Å². The average Bonchev–Trinajstić information content (AvgIpc) is 2.31. The number of aliphatic hydroxyl groups excluding tert-OH is 3. The number of rotatable bonds is 11. The molecular formula is C9H20O6S4. The van der Waals surface area contributed by atoms with Crippen LogP contribution in [0.4, 0.5) is 0 Å². The summed E-state index contributed by atoms with van der Waals surface area (Å²) in [6, 6.07) is 0. The predicted molar refractivity (Wildman–Crippen MR) is 83.1 cm³/mol. The lowest BCUT2D eigenvalue weighted by molar-refractivity contribution is -0.0196. The Kier molecular flexibility index (Phi) is 12.5. The molecular weight excluding hydrogens is 332 g/mol. The minimum absolute atomic E-state index is 0.0331. The van der Waals surface area contributed by atoms with E-state index in [0.717, 1.165) is 0 Å². The standard InChI is InChI=1S/C9H20O6S4/c1-16-8(17-2-5(10)11)9(18-3-6(12)13)19-4-7(14)15/h5-15H,2-4H2,1H3. The maximum Gasteiger partial charge on any atom is 0.160 e. The molecule has 0 aromatic heterocycles. The molecule has 0 spiro atoms. The first-order chi connectivity index (χ1) is 8.86. The summed E-state index contributed by atoms with van der Waals surface area (Å²) in [7, 11) is 0. The average molecular weight is 353 g/mol. The van der Waals surface area contributed by atoms with Crippen molar-refractivity contribution in [2.45, 2.75) is 28.0 Å². The maximum absolute atomic E-state index is 8.88. The van der Waals surface area contributed by atoms with Crippen LogP contribution in [0.5, 0.6) is 0 Å². The minimum atomic E-state index is -1.43. The zero-order chi connectivity index (χ0) is 14.8. The number of hydrogen-bond acceptors (Lipinski definition) is 10. The van der Waals surface area contributed by atoms with Crippen molar-refractivity contribution < 1.29 is 30.6 Å². The molecule has 6 N–H and O–H groups in total. The molecule has 0 radical (unpaired) electrons. The largest absolute Gasteiger partial charge is 0.367 e. The first-order valence-electron chi connectivity index (χ1n) is 5.32. The quantitative estimate of drug-likeness (QED) is 0.262. The SMILES string of the molecule is CSC(SCC(O)O)C(SCC(O)O)SCC(O)O. The van der Waals surface area contributed by atoms with Gasteiger partial charge in [-0.05, 0) is 6.26 Å². The summed E-state index contributed by atoms with van der Waals surface area (Å²) in [6.45, 7) is 0. The van der Waals surface area contributed by atoms with Crippen molar-refractivity contribution in [2.75, 3.05) is 23.5 Å². The van der Waals surface area contributed by atoms with Crippen molar-refractivity contribution in [2.24, 2.45) is 0 Å². The van der Waals surface area contributed by atoms with Gasteiger partial charge in [-0.25, -0.2) is 0 Å². The summed E-state index contributed by atoms with van der Waals surface area (Å²) in [4.78, 5) is 0. The van der Waals surface area contributed by atoms with Gasteiger partial charge in [0.2, 0.25) is 0 Å². The van der Waals surface area contributed by atoms with Crippen LogP contribution in [0, 0.1) is 0 Å². The second-order valence-corrected chi connectivity index (χ2v) is 8.51. The van der Waals surface area contributed by atoms with E-state index in [2.05, 4.69) is 0 Å². The van der Waals surface area contributed by atoms with E-state index < -0.39 is 18.9 Å². The van der Waals surface area contributed by atoms with Gasteiger partial charge in [0.15, 0.2) is 18.9 Å². The Morgan fingerprint density at radius 1 is 0.632 bits per heavy atom. The van der Waals surface area contributed by atoms with E-state index in [-0.39, 0.29) is 26.4 Å². The molecule has 0 amide bonds. The zero-order valence-electron chi connectivity index (χ0n) is 10.3. The molecule has 6 nitrogen and oxygen atoms in total. The summed E-state index contributed by atoms with van der Waals surface area (Å²) in [6.07, 6.45) is -2.39. The van der Waals surface area contributed by atoms with Gasteiger partial charge >= 0.3 is 0 Å². The molecule has 116 valence electrons. The van der Waals surface area contributed by atoms with Gasteiger partial charge in [0.05, 0.1) is 9.16 Å². The Bertz CT molecular complexity index is 207. The van der Waals surface area contributed by atoms with Crippen LogP contribution in [0.1, 0.15) is 0 Å². The van der Waals surface area contributed by atoms with Crippen LogP contribution >= 0.6 is 47.0 Å². The summed E-state index contributed by atoms with van der Waals surface area (Å²) in [5, 5.41) is 53.3. The molecule has 1 atom stereocenters. The van der Waals surface area contributed by atoms with E-state index in [4.69, 9.17) is 30.6 Å². The topological polar surface area (TPSA) is 121 Å². The molecule has 19 heavy (non-hydrogen) atoms. The highest BCUT2D eigenvalue weighted by Crippen LogP contribution is 2.39. The molecule has 0 heterocycles. The van der Waals surface area contributed by atoms with Gasteiger partial charge in [-0.2, -0.15) is 0 Å². The van der Waals surface area contributed by atoms with E-state index in [1.165, 1.54) is 47.0 Å². The maximum atomic E-state index is 8.88. The Balaban J connectivity index is 4.37. The minimum Gasteiger partial charge on any atom is -0.367 e. The van der Waals surface area contributed by atoms with Crippen LogP contribution < -0.4 is 0 Å². The Morgan fingerprint density at radius 2 is 0.947 bits per heavy atom. The summed E-state index contributed by atoms with van der Waals surface area (Å²) >= 11 is 5.42.